The zero-order valence-corrected chi connectivity index (χ0v) is 15.3. The first-order valence-corrected chi connectivity index (χ1v) is 7.90. The van der Waals surface area contributed by atoms with Crippen molar-refractivity contribution >= 4 is 60.0 Å². The first-order valence-electron chi connectivity index (χ1n) is 5.12. The number of methoxy groups -OCH3 is 1. The smallest absolute Gasteiger partial charge is 0.159 e. The molecule has 0 aliphatic heterocycles. The highest BCUT2D eigenvalue weighted by molar-refractivity contribution is 9.11. The molecule has 0 unspecified atom stereocenters. The molecule has 0 saturated heterocycles. The standard InChI is InChI=1S/C11H8Br3N3OS/c1-18-4-7-8(14)11(19)17-10(16-7)9-6(13)2-5(12)3-15-9/h2-3H,4H2,1H3,(H,16,17,19). The van der Waals surface area contributed by atoms with E-state index in [1.54, 1.807) is 13.3 Å². The lowest BCUT2D eigenvalue weighted by Gasteiger charge is -2.08. The van der Waals surface area contributed by atoms with Crippen LogP contribution in [-0.2, 0) is 11.3 Å². The first kappa shape index (κ1) is 15.2. The van der Waals surface area contributed by atoms with Crippen LogP contribution in [0.4, 0.5) is 0 Å². The molecule has 2 aromatic rings. The summed E-state index contributed by atoms with van der Waals surface area (Å²) in [6.45, 7) is 0.411. The van der Waals surface area contributed by atoms with Crippen molar-refractivity contribution in [1.29, 1.82) is 0 Å². The normalized spacial score (nSPS) is 10.7. The van der Waals surface area contributed by atoms with E-state index in [0.29, 0.717) is 22.8 Å². The number of nitrogens with one attached hydrogen (secondary N) is 1. The Balaban J connectivity index is 2.59. The molecule has 0 spiro atoms. The van der Waals surface area contributed by atoms with Gasteiger partial charge in [0.05, 0.1) is 16.8 Å². The molecule has 0 amide bonds. The number of ether oxygens (including phenoxy) is 1. The van der Waals surface area contributed by atoms with E-state index in [4.69, 9.17) is 17.0 Å². The number of aromatic amines is 1. The SMILES string of the molecule is COCc1[nH]c(-c2ncc(Br)cc2Br)nc(=S)c1Br. The Hall–Kier alpha value is -0.150. The molecular formula is C11H8Br3N3OS. The van der Waals surface area contributed by atoms with Gasteiger partial charge < -0.3 is 9.72 Å². The van der Waals surface area contributed by atoms with Gasteiger partial charge in [-0.15, -0.1) is 0 Å². The molecule has 0 atom stereocenters. The van der Waals surface area contributed by atoms with E-state index >= 15 is 0 Å². The molecule has 2 aromatic heterocycles. The fourth-order valence-corrected chi connectivity index (χ4v) is 3.14. The van der Waals surface area contributed by atoms with Crippen LogP contribution < -0.4 is 0 Å². The third kappa shape index (κ3) is 3.49. The third-order valence-electron chi connectivity index (χ3n) is 2.26. The van der Waals surface area contributed by atoms with Gasteiger partial charge in [0.1, 0.15) is 10.3 Å². The van der Waals surface area contributed by atoms with Crippen LogP contribution in [0, 0.1) is 4.64 Å². The maximum Gasteiger partial charge on any atom is 0.159 e. The predicted molar refractivity (Wildman–Crippen MR) is 86.5 cm³/mol. The van der Waals surface area contributed by atoms with Gasteiger partial charge in [0, 0.05) is 22.3 Å². The lowest BCUT2D eigenvalue weighted by atomic mass is 10.3. The summed E-state index contributed by atoms with van der Waals surface area (Å²) in [5.74, 6) is 0.597. The van der Waals surface area contributed by atoms with Crippen LogP contribution in [0.5, 0.6) is 0 Å². The Morgan fingerprint density at radius 3 is 2.74 bits per heavy atom. The molecule has 0 saturated carbocycles. The molecule has 0 bridgehead atoms. The minimum Gasteiger partial charge on any atom is -0.378 e. The van der Waals surface area contributed by atoms with Gasteiger partial charge in [-0.25, -0.2) is 4.98 Å². The Morgan fingerprint density at radius 2 is 2.11 bits per heavy atom. The average Bonchev–Trinajstić information content (AvgIpc) is 2.35. The lowest BCUT2D eigenvalue weighted by molar-refractivity contribution is 0.181. The van der Waals surface area contributed by atoms with Gasteiger partial charge in [0.25, 0.3) is 0 Å². The summed E-state index contributed by atoms with van der Waals surface area (Å²) in [7, 11) is 1.62. The Labute approximate surface area is 140 Å². The average molecular weight is 470 g/mol. The molecule has 0 aliphatic carbocycles. The summed E-state index contributed by atoms with van der Waals surface area (Å²) in [5, 5.41) is 0. The molecule has 100 valence electrons. The van der Waals surface area contributed by atoms with E-state index in [-0.39, 0.29) is 0 Å². The van der Waals surface area contributed by atoms with Crippen molar-refractivity contribution in [1.82, 2.24) is 15.0 Å². The van der Waals surface area contributed by atoms with Crippen molar-refractivity contribution in [3.05, 3.63) is 36.0 Å². The summed E-state index contributed by atoms with van der Waals surface area (Å²) in [5.41, 5.74) is 1.52. The number of halogens is 3. The van der Waals surface area contributed by atoms with Gasteiger partial charge in [-0.05, 0) is 53.9 Å². The van der Waals surface area contributed by atoms with Crippen LogP contribution >= 0.6 is 60.0 Å². The molecule has 4 nitrogen and oxygen atoms in total. The Kier molecular flexibility index (Phi) is 5.24. The van der Waals surface area contributed by atoms with Crippen molar-refractivity contribution in [2.45, 2.75) is 6.61 Å². The fraction of sp³-hybridized carbons (Fsp3) is 0.182. The molecule has 8 heteroatoms. The maximum atomic E-state index is 5.23. The summed E-state index contributed by atoms with van der Waals surface area (Å²) < 4.78 is 8.05. The zero-order chi connectivity index (χ0) is 14.0. The minimum atomic E-state index is 0.411. The number of hydrogen-bond donors (Lipinski definition) is 1. The molecule has 0 aliphatic rings. The van der Waals surface area contributed by atoms with E-state index in [2.05, 4.69) is 62.7 Å². The van der Waals surface area contributed by atoms with Crippen LogP contribution in [0.3, 0.4) is 0 Å². The van der Waals surface area contributed by atoms with Gasteiger partial charge in [0.15, 0.2) is 5.82 Å². The number of hydrogen-bond acceptors (Lipinski definition) is 4. The van der Waals surface area contributed by atoms with Crippen molar-refractivity contribution in [3.63, 3.8) is 0 Å². The van der Waals surface area contributed by atoms with E-state index < -0.39 is 0 Å². The second-order valence-electron chi connectivity index (χ2n) is 3.60. The van der Waals surface area contributed by atoms with Gasteiger partial charge in [-0.2, -0.15) is 0 Å². The molecule has 0 radical (unpaired) electrons. The van der Waals surface area contributed by atoms with Crippen LogP contribution in [0.25, 0.3) is 11.5 Å². The van der Waals surface area contributed by atoms with Gasteiger partial charge in [0.2, 0.25) is 0 Å². The largest absolute Gasteiger partial charge is 0.378 e. The molecule has 1 N–H and O–H groups in total. The predicted octanol–water partition coefficient (Wildman–Crippen LogP) is 4.64. The van der Waals surface area contributed by atoms with Crippen molar-refractivity contribution < 1.29 is 4.74 Å². The number of pyridine rings is 1. The number of rotatable bonds is 3. The first-order chi connectivity index (χ1) is 9.02. The van der Waals surface area contributed by atoms with Gasteiger partial charge in [-0.1, -0.05) is 12.2 Å². The quantitative estimate of drug-likeness (QED) is 0.665. The Bertz CT molecular complexity index is 675. The number of H-pyrrole nitrogens is 1. The second-order valence-corrected chi connectivity index (χ2v) is 6.55. The number of nitrogens with zero attached hydrogens (tertiary/aromatic N) is 2. The molecule has 2 rings (SSSR count). The third-order valence-corrected chi connectivity index (χ3v) is 4.71. The van der Waals surface area contributed by atoms with Crippen LogP contribution in [0.15, 0.2) is 25.7 Å². The topological polar surface area (TPSA) is 50.8 Å². The molecule has 0 aromatic carbocycles. The molecule has 2 heterocycles. The second kappa shape index (κ2) is 6.53. The van der Waals surface area contributed by atoms with E-state index in [1.165, 1.54) is 0 Å². The summed E-state index contributed by atoms with van der Waals surface area (Å²) in [6.07, 6.45) is 1.71. The van der Waals surface area contributed by atoms with Crippen LogP contribution in [0.2, 0.25) is 0 Å². The van der Waals surface area contributed by atoms with Gasteiger partial charge >= 0.3 is 0 Å². The van der Waals surface area contributed by atoms with E-state index in [9.17, 15) is 0 Å². The van der Waals surface area contributed by atoms with Crippen molar-refractivity contribution in [3.8, 4) is 11.5 Å². The highest BCUT2D eigenvalue weighted by Crippen LogP contribution is 2.28. The summed E-state index contributed by atoms with van der Waals surface area (Å²) >= 11 is 15.5. The maximum absolute atomic E-state index is 5.23. The molecule has 19 heavy (non-hydrogen) atoms. The highest BCUT2D eigenvalue weighted by atomic mass is 79.9. The highest BCUT2D eigenvalue weighted by Gasteiger charge is 2.12. The molecular weight excluding hydrogens is 462 g/mol. The van der Waals surface area contributed by atoms with Crippen molar-refractivity contribution in [2.75, 3.05) is 7.11 Å². The summed E-state index contributed by atoms with van der Waals surface area (Å²) in [4.78, 5) is 11.8. The number of aromatic nitrogens is 3. The zero-order valence-electron chi connectivity index (χ0n) is 9.71. The van der Waals surface area contributed by atoms with E-state index in [1.807, 2.05) is 6.07 Å². The van der Waals surface area contributed by atoms with Gasteiger partial charge in [-0.3, -0.25) is 4.98 Å². The van der Waals surface area contributed by atoms with Crippen LogP contribution in [-0.4, -0.2) is 22.1 Å². The summed E-state index contributed by atoms with van der Waals surface area (Å²) in [6, 6.07) is 1.90. The lowest BCUT2D eigenvalue weighted by Crippen LogP contribution is -2.01. The van der Waals surface area contributed by atoms with Crippen molar-refractivity contribution in [2.24, 2.45) is 0 Å². The fourth-order valence-electron chi connectivity index (χ4n) is 1.45. The monoisotopic (exact) mass is 467 g/mol. The van der Waals surface area contributed by atoms with Crippen LogP contribution in [0.1, 0.15) is 5.69 Å². The molecule has 0 fully saturated rings. The minimum absolute atomic E-state index is 0.411. The van der Waals surface area contributed by atoms with E-state index in [0.717, 1.165) is 19.1 Å². The Morgan fingerprint density at radius 1 is 1.37 bits per heavy atom.